The Hall–Kier alpha value is -1.23. The van der Waals surface area contributed by atoms with E-state index < -0.39 is 6.10 Å². The number of piperidine rings is 1. The summed E-state index contributed by atoms with van der Waals surface area (Å²) in [6.45, 7) is 8.64. The summed E-state index contributed by atoms with van der Waals surface area (Å²) in [5.74, 6) is 0.360. The van der Waals surface area contributed by atoms with Gasteiger partial charge in [0.2, 0.25) is 0 Å². The quantitative estimate of drug-likeness (QED) is 0.819. The molecule has 1 aliphatic rings. The standard InChI is InChI=1S/C19H29NO3/c1-19(2,3)23-14-17(21)13-20-11-9-16(10-12-20)18(22)15-7-5-4-6-8-15/h4-8,16-17,21H,9-14H2,1-3H3. The Kier molecular flexibility index (Phi) is 6.33. The molecule has 1 unspecified atom stereocenters. The smallest absolute Gasteiger partial charge is 0.166 e. The molecule has 4 heteroatoms. The number of aliphatic hydroxyl groups excluding tert-OH is 1. The Labute approximate surface area is 139 Å². The van der Waals surface area contributed by atoms with Gasteiger partial charge in [-0.05, 0) is 46.7 Å². The lowest BCUT2D eigenvalue weighted by Gasteiger charge is -2.33. The van der Waals surface area contributed by atoms with Gasteiger partial charge < -0.3 is 14.7 Å². The number of benzene rings is 1. The van der Waals surface area contributed by atoms with E-state index in [-0.39, 0.29) is 17.3 Å². The van der Waals surface area contributed by atoms with E-state index in [9.17, 15) is 9.90 Å². The monoisotopic (exact) mass is 319 g/mol. The van der Waals surface area contributed by atoms with E-state index in [0.717, 1.165) is 31.5 Å². The fourth-order valence-corrected chi connectivity index (χ4v) is 2.91. The predicted molar refractivity (Wildman–Crippen MR) is 91.6 cm³/mol. The largest absolute Gasteiger partial charge is 0.389 e. The number of hydrogen-bond donors (Lipinski definition) is 1. The zero-order valence-corrected chi connectivity index (χ0v) is 14.5. The number of carbonyl (C=O) groups is 1. The van der Waals surface area contributed by atoms with Crippen molar-refractivity contribution < 1.29 is 14.6 Å². The summed E-state index contributed by atoms with van der Waals surface area (Å²) >= 11 is 0. The van der Waals surface area contributed by atoms with Gasteiger partial charge in [0, 0.05) is 18.0 Å². The minimum absolute atomic E-state index is 0.108. The normalized spacial score (nSPS) is 18.8. The van der Waals surface area contributed by atoms with Crippen molar-refractivity contribution in [1.82, 2.24) is 4.90 Å². The zero-order chi connectivity index (χ0) is 16.9. The fraction of sp³-hybridized carbons (Fsp3) is 0.632. The third-order valence-corrected chi connectivity index (χ3v) is 4.19. The highest BCUT2D eigenvalue weighted by molar-refractivity contribution is 5.97. The first-order chi connectivity index (χ1) is 10.8. The number of ether oxygens (including phenoxy) is 1. The number of likely N-dealkylation sites (tertiary alicyclic amines) is 1. The third kappa shape index (κ3) is 6.05. The average Bonchev–Trinajstić information content (AvgIpc) is 2.53. The Balaban J connectivity index is 1.74. The molecule has 2 rings (SSSR count). The summed E-state index contributed by atoms with van der Waals surface area (Å²) in [4.78, 5) is 14.7. The number of Topliss-reactive ketones (excluding diaryl/α,β-unsaturated/α-hetero) is 1. The second kappa shape index (κ2) is 8.04. The first kappa shape index (κ1) is 18.1. The van der Waals surface area contributed by atoms with Crippen LogP contribution in [0.3, 0.4) is 0 Å². The molecule has 1 aromatic rings. The van der Waals surface area contributed by atoms with Crippen LogP contribution in [-0.2, 0) is 4.74 Å². The van der Waals surface area contributed by atoms with Gasteiger partial charge in [0.15, 0.2) is 5.78 Å². The second-order valence-corrected chi connectivity index (χ2v) is 7.38. The van der Waals surface area contributed by atoms with E-state index in [1.807, 2.05) is 51.1 Å². The highest BCUT2D eigenvalue weighted by Crippen LogP contribution is 2.22. The summed E-state index contributed by atoms with van der Waals surface area (Å²) in [7, 11) is 0. The lowest BCUT2D eigenvalue weighted by atomic mass is 9.89. The SMILES string of the molecule is CC(C)(C)OCC(O)CN1CCC(C(=O)c2ccccc2)CC1. The van der Waals surface area contributed by atoms with Gasteiger partial charge in [-0.1, -0.05) is 30.3 Å². The molecule has 0 radical (unpaired) electrons. The Bertz CT molecular complexity index is 487. The Morgan fingerprint density at radius 1 is 1.26 bits per heavy atom. The number of carbonyl (C=O) groups excluding carboxylic acids is 1. The Morgan fingerprint density at radius 3 is 2.43 bits per heavy atom. The van der Waals surface area contributed by atoms with Gasteiger partial charge in [-0.2, -0.15) is 0 Å². The number of β-amino-alcohol motifs (C(OH)–C–C–N with tert-alkyl or cyclic N) is 1. The van der Waals surface area contributed by atoms with Crippen molar-refractivity contribution in [2.75, 3.05) is 26.2 Å². The van der Waals surface area contributed by atoms with Crippen molar-refractivity contribution in [2.24, 2.45) is 5.92 Å². The molecule has 1 aromatic carbocycles. The molecule has 0 saturated carbocycles. The molecule has 0 spiro atoms. The molecule has 4 nitrogen and oxygen atoms in total. The zero-order valence-electron chi connectivity index (χ0n) is 14.5. The average molecular weight is 319 g/mol. The van der Waals surface area contributed by atoms with Crippen molar-refractivity contribution in [2.45, 2.75) is 45.3 Å². The summed E-state index contributed by atoms with van der Waals surface area (Å²) in [5, 5.41) is 10.1. The van der Waals surface area contributed by atoms with Gasteiger partial charge in [0.05, 0.1) is 18.3 Å². The number of hydrogen-bond acceptors (Lipinski definition) is 4. The molecule has 1 aliphatic heterocycles. The van der Waals surface area contributed by atoms with E-state index in [1.165, 1.54) is 0 Å². The fourth-order valence-electron chi connectivity index (χ4n) is 2.91. The maximum Gasteiger partial charge on any atom is 0.166 e. The van der Waals surface area contributed by atoms with Gasteiger partial charge in [0.1, 0.15) is 0 Å². The first-order valence-electron chi connectivity index (χ1n) is 8.49. The van der Waals surface area contributed by atoms with Crippen LogP contribution in [0.4, 0.5) is 0 Å². The van der Waals surface area contributed by atoms with Gasteiger partial charge >= 0.3 is 0 Å². The van der Waals surface area contributed by atoms with Crippen LogP contribution in [0.2, 0.25) is 0 Å². The molecule has 1 fully saturated rings. The molecule has 1 saturated heterocycles. The van der Waals surface area contributed by atoms with Crippen LogP contribution >= 0.6 is 0 Å². The van der Waals surface area contributed by atoms with Crippen molar-refractivity contribution in [3.63, 3.8) is 0 Å². The molecule has 0 bridgehead atoms. The number of aliphatic hydroxyl groups is 1. The van der Waals surface area contributed by atoms with Gasteiger partial charge in [-0.15, -0.1) is 0 Å². The lowest BCUT2D eigenvalue weighted by molar-refractivity contribution is -0.0576. The molecule has 0 aliphatic carbocycles. The van der Waals surface area contributed by atoms with Gasteiger partial charge in [0.25, 0.3) is 0 Å². The molecule has 23 heavy (non-hydrogen) atoms. The second-order valence-electron chi connectivity index (χ2n) is 7.38. The third-order valence-electron chi connectivity index (χ3n) is 4.19. The van der Waals surface area contributed by atoms with Crippen LogP contribution in [0, 0.1) is 5.92 Å². The molecule has 128 valence electrons. The minimum atomic E-state index is -0.476. The summed E-state index contributed by atoms with van der Waals surface area (Å²) in [5.41, 5.74) is 0.584. The molecule has 0 amide bonds. The van der Waals surface area contributed by atoms with E-state index in [4.69, 9.17) is 4.74 Å². The van der Waals surface area contributed by atoms with Crippen LogP contribution in [-0.4, -0.2) is 53.7 Å². The predicted octanol–water partition coefficient (Wildman–Crippen LogP) is 2.76. The van der Waals surface area contributed by atoms with E-state index in [2.05, 4.69) is 4.90 Å². The van der Waals surface area contributed by atoms with E-state index >= 15 is 0 Å². The topological polar surface area (TPSA) is 49.8 Å². The highest BCUT2D eigenvalue weighted by atomic mass is 16.5. The van der Waals surface area contributed by atoms with Crippen molar-refractivity contribution in [3.8, 4) is 0 Å². The molecule has 1 heterocycles. The Morgan fingerprint density at radius 2 is 1.87 bits per heavy atom. The van der Waals surface area contributed by atoms with E-state index in [1.54, 1.807) is 0 Å². The minimum Gasteiger partial charge on any atom is -0.389 e. The van der Waals surface area contributed by atoms with Crippen LogP contribution in [0.25, 0.3) is 0 Å². The molecule has 1 N–H and O–H groups in total. The van der Waals surface area contributed by atoms with Crippen LogP contribution in [0.1, 0.15) is 44.0 Å². The van der Waals surface area contributed by atoms with Crippen molar-refractivity contribution >= 4 is 5.78 Å². The van der Waals surface area contributed by atoms with Gasteiger partial charge in [-0.25, -0.2) is 0 Å². The molecule has 1 atom stereocenters. The number of ketones is 1. The van der Waals surface area contributed by atoms with Crippen LogP contribution in [0.15, 0.2) is 30.3 Å². The van der Waals surface area contributed by atoms with Crippen LogP contribution in [0.5, 0.6) is 0 Å². The maximum atomic E-state index is 12.5. The van der Waals surface area contributed by atoms with Crippen molar-refractivity contribution in [3.05, 3.63) is 35.9 Å². The number of rotatable bonds is 6. The maximum absolute atomic E-state index is 12.5. The van der Waals surface area contributed by atoms with Crippen LogP contribution < -0.4 is 0 Å². The highest BCUT2D eigenvalue weighted by Gasteiger charge is 2.26. The summed E-state index contributed by atoms with van der Waals surface area (Å²) in [6.07, 6.45) is 1.25. The first-order valence-corrected chi connectivity index (χ1v) is 8.49. The summed E-state index contributed by atoms with van der Waals surface area (Å²) < 4.78 is 5.62. The van der Waals surface area contributed by atoms with Gasteiger partial charge in [-0.3, -0.25) is 4.79 Å². The molecule has 0 aromatic heterocycles. The van der Waals surface area contributed by atoms with Crippen molar-refractivity contribution in [1.29, 1.82) is 0 Å². The molecular formula is C19H29NO3. The number of nitrogens with zero attached hydrogens (tertiary/aromatic N) is 1. The summed E-state index contributed by atoms with van der Waals surface area (Å²) in [6, 6.07) is 9.53. The molecular weight excluding hydrogens is 290 g/mol. The lowest BCUT2D eigenvalue weighted by Crippen LogP contribution is -2.42. The van der Waals surface area contributed by atoms with E-state index in [0.29, 0.717) is 13.2 Å².